The fourth-order valence-corrected chi connectivity index (χ4v) is 6.53. The van der Waals surface area contributed by atoms with Gasteiger partial charge in [-0.1, -0.05) is 24.3 Å². The summed E-state index contributed by atoms with van der Waals surface area (Å²) in [5.41, 5.74) is -0.108. The highest BCUT2D eigenvalue weighted by atomic mass is 16.5. The molecule has 4 rings (SSSR count). The van der Waals surface area contributed by atoms with Gasteiger partial charge >= 0.3 is 0 Å². The fraction of sp³-hybridized carbons (Fsp3) is 0.372. The third kappa shape index (κ3) is 11.4. The Morgan fingerprint density at radius 2 is 0.900 bits per heavy atom. The Morgan fingerprint density at radius 1 is 0.517 bits per heavy atom. The highest BCUT2D eigenvalue weighted by Crippen LogP contribution is 2.33. The number of rotatable bonds is 23. The van der Waals surface area contributed by atoms with Gasteiger partial charge in [-0.15, -0.1) is 4.73 Å². The molecule has 0 aliphatic rings. The molecule has 0 atom stereocenters. The lowest BCUT2D eigenvalue weighted by molar-refractivity contribution is 0.0675. The molecule has 0 saturated carbocycles. The number of carbonyl (C=O) groups is 4. The van der Waals surface area contributed by atoms with E-state index in [1.54, 1.807) is 59.5 Å². The molecule has 3 N–H and O–H groups in total. The smallest absolute Gasteiger partial charge is 0.283 e. The van der Waals surface area contributed by atoms with Crippen molar-refractivity contribution in [3.63, 3.8) is 0 Å². The van der Waals surface area contributed by atoms with Gasteiger partial charge in [-0.2, -0.15) is 0 Å². The minimum atomic E-state index is -0.763. The summed E-state index contributed by atoms with van der Waals surface area (Å²) in [5, 5.41) is 16.1. The van der Waals surface area contributed by atoms with Gasteiger partial charge < -0.3 is 54.1 Å². The molecule has 3 aromatic carbocycles. The van der Waals surface area contributed by atoms with E-state index < -0.39 is 17.4 Å². The Morgan fingerprint density at radius 3 is 1.33 bits per heavy atom. The van der Waals surface area contributed by atoms with E-state index in [4.69, 9.17) is 28.4 Å². The summed E-state index contributed by atoms with van der Waals surface area (Å²) in [6.07, 6.45) is 1.60. The fourth-order valence-electron chi connectivity index (χ4n) is 6.53. The van der Waals surface area contributed by atoms with Crippen molar-refractivity contribution in [3.8, 4) is 34.5 Å². The zero-order valence-electron chi connectivity index (χ0n) is 34.8. The van der Waals surface area contributed by atoms with Crippen molar-refractivity contribution in [2.24, 2.45) is 0 Å². The number of pyridine rings is 1. The lowest BCUT2D eigenvalue weighted by atomic mass is 10.1. The van der Waals surface area contributed by atoms with Crippen molar-refractivity contribution in [2.75, 3.05) is 81.9 Å². The summed E-state index contributed by atoms with van der Waals surface area (Å²) in [6, 6.07) is 18.9. The van der Waals surface area contributed by atoms with Crippen LogP contribution in [0.25, 0.3) is 0 Å². The van der Waals surface area contributed by atoms with E-state index in [2.05, 4.69) is 10.6 Å². The number of nitrogens with one attached hydrogen (secondary N) is 2. The zero-order valence-corrected chi connectivity index (χ0v) is 34.8. The van der Waals surface area contributed by atoms with Gasteiger partial charge in [0.2, 0.25) is 0 Å². The number of benzene rings is 3. The SMILES string of the molecule is COc1cccc(C(=O)NCCCN(CCCCN(CCCNC(=O)c2cccc(OC)c2OC)C(=O)c2cccc(=O)n2O)C(=O)c2cccc(OC)c2OC)c1OC. The number of unbranched alkanes of at least 4 members (excludes halogenated alkanes) is 1. The maximum absolute atomic E-state index is 14.1. The lowest BCUT2D eigenvalue weighted by Crippen LogP contribution is -2.39. The average Bonchev–Trinajstić information content (AvgIpc) is 3.28. The monoisotopic (exact) mass is 831 g/mol. The van der Waals surface area contributed by atoms with E-state index in [-0.39, 0.29) is 79.4 Å². The van der Waals surface area contributed by atoms with E-state index in [0.717, 1.165) is 6.07 Å². The number of hydrogen-bond acceptors (Lipinski definition) is 12. The molecule has 0 unspecified atom stereocenters. The lowest BCUT2D eigenvalue weighted by Gasteiger charge is -2.26. The standard InChI is InChI=1S/C43H53N5O12/c1-55-33-19-9-15-29(37(33)58-4)40(50)44-23-13-27-46(42(52)31-17-11-21-35(57-3)39(31)60-6)25-7-8-26-47(43(53)32-18-12-22-36(49)48(32)54)28-14-24-45-41(51)30-16-10-20-34(56-2)38(30)59-5/h9-12,15-22,54H,7-8,13-14,23-28H2,1-6H3,(H,44,50)(H,45,51). The molecule has 17 heteroatoms. The van der Waals surface area contributed by atoms with E-state index in [1.165, 1.54) is 59.7 Å². The predicted octanol–water partition coefficient (Wildman–Crippen LogP) is 4.14. The Balaban J connectivity index is 1.45. The molecule has 0 fully saturated rings. The van der Waals surface area contributed by atoms with Crippen LogP contribution in [0.2, 0.25) is 0 Å². The summed E-state index contributed by atoms with van der Waals surface area (Å²) >= 11 is 0. The van der Waals surface area contributed by atoms with Crippen molar-refractivity contribution in [3.05, 3.63) is 106 Å². The summed E-state index contributed by atoms with van der Waals surface area (Å²) in [4.78, 5) is 69.3. The molecular formula is C43H53N5O12. The summed E-state index contributed by atoms with van der Waals surface area (Å²) in [5.74, 6) is 0.405. The van der Waals surface area contributed by atoms with Crippen molar-refractivity contribution in [1.82, 2.24) is 25.2 Å². The Bertz CT molecular complexity index is 2160. The van der Waals surface area contributed by atoms with Gasteiger partial charge in [0, 0.05) is 45.3 Å². The van der Waals surface area contributed by atoms with Crippen LogP contribution in [0.15, 0.2) is 77.6 Å². The first kappa shape index (κ1) is 45.8. The summed E-state index contributed by atoms with van der Waals surface area (Å²) in [6.45, 7) is 1.32. The molecule has 0 saturated heterocycles. The van der Waals surface area contributed by atoms with Gasteiger partial charge in [0.15, 0.2) is 34.5 Å². The number of methoxy groups -OCH3 is 6. The second-order valence-corrected chi connectivity index (χ2v) is 13.2. The molecule has 1 aromatic heterocycles. The number of para-hydroxylation sites is 3. The molecule has 17 nitrogen and oxygen atoms in total. The minimum absolute atomic E-state index is 0.166. The second kappa shape index (κ2) is 22.9. The number of carbonyl (C=O) groups excluding carboxylic acids is 4. The van der Waals surface area contributed by atoms with Gasteiger partial charge in [-0.3, -0.25) is 24.0 Å². The maximum Gasteiger partial charge on any atom is 0.283 e. The van der Waals surface area contributed by atoms with Gasteiger partial charge in [0.05, 0.1) is 59.3 Å². The van der Waals surface area contributed by atoms with Crippen LogP contribution in [0.4, 0.5) is 0 Å². The first-order valence-corrected chi connectivity index (χ1v) is 19.2. The summed E-state index contributed by atoms with van der Waals surface area (Å²) in [7, 11) is 8.79. The van der Waals surface area contributed by atoms with Crippen LogP contribution in [0.5, 0.6) is 34.5 Å². The van der Waals surface area contributed by atoms with Crippen LogP contribution in [-0.4, -0.2) is 125 Å². The minimum Gasteiger partial charge on any atom is -0.493 e. The zero-order chi connectivity index (χ0) is 43.6. The van der Waals surface area contributed by atoms with Crippen LogP contribution >= 0.6 is 0 Å². The first-order valence-electron chi connectivity index (χ1n) is 19.2. The van der Waals surface area contributed by atoms with Gasteiger partial charge in [-0.05, 0) is 68.1 Å². The summed E-state index contributed by atoms with van der Waals surface area (Å²) < 4.78 is 32.7. The predicted molar refractivity (Wildman–Crippen MR) is 221 cm³/mol. The quantitative estimate of drug-likeness (QED) is 0.0715. The van der Waals surface area contributed by atoms with Crippen molar-refractivity contribution in [1.29, 1.82) is 0 Å². The van der Waals surface area contributed by atoms with E-state index in [9.17, 15) is 29.2 Å². The van der Waals surface area contributed by atoms with Crippen molar-refractivity contribution >= 4 is 23.6 Å². The molecule has 60 heavy (non-hydrogen) atoms. The molecule has 0 aliphatic heterocycles. The third-order valence-corrected chi connectivity index (χ3v) is 9.54. The van der Waals surface area contributed by atoms with Crippen LogP contribution in [0.1, 0.15) is 67.2 Å². The number of hydrogen-bond donors (Lipinski definition) is 3. The van der Waals surface area contributed by atoms with Crippen molar-refractivity contribution < 1.29 is 52.8 Å². The molecule has 322 valence electrons. The molecule has 1 heterocycles. The Kier molecular flexibility index (Phi) is 17.5. The van der Waals surface area contributed by atoms with E-state index >= 15 is 0 Å². The number of nitrogens with zero attached hydrogens (tertiary/aromatic N) is 3. The normalized spacial score (nSPS) is 10.6. The van der Waals surface area contributed by atoms with Gasteiger partial charge in [0.25, 0.3) is 29.2 Å². The largest absolute Gasteiger partial charge is 0.493 e. The number of amides is 4. The maximum atomic E-state index is 14.1. The second-order valence-electron chi connectivity index (χ2n) is 13.2. The van der Waals surface area contributed by atoms with Crippen LogP contribution < -0.4 is 44.6 Å². The number of aromatic nitrogens is 1. The van der Waals surface area contributed by atoms with Crippen LogP contribution in [0.3, 0.4) is 0 Å². The molecular weight excluding hydrogens is 778 g/mol. The molecule has 4 aromatic rings. The van der Waals surface area contributed by atoms with Crippen LogP contribution in [-0.2, 0) is 0 Å². The molecule has 0 spiro atoms. The van der Waals surface area contributed by atoms with Gasteiger partial charge in [0.1, 0.15) is 5.69 Å². The van der Waals surface area contributed by atoms with Gasteiger partial charge in [-0.25, -0.2) is 0 Å². The first-order chi connectivity index (χ1) is 29.0. The Labute approximate surface area is 348 Å². The Hall–Kier alpha value is -6.91. The average molecular weight is 832 g/mol. The highest BCUT2D eigenvalue weighted by Gasteiger charge is 2.24. The molecule has 4 amide bonds. The number of ether oxygens (including phenoxy) is 6. The van der Waals surface area contributed by atoms with E-state index in [0.29, 0.717) is 59.0 Å². The molecule has 0 radical (unpaired) electrons. The topological polar surface area (TPSA) is 196 Å². The van der Waals surface area contributed by atoms with Crippen LogP contribution in [0, 0.1) is 0 Å². The molecule has 0 bridgehead atoms. The third-order valence-electron chi connectivity index (χ3n) is 9.54. The molecule has 0 aliphatic carbocycles. The van der Waals surface area contributed by atoms with E-state index in [1.807, 2.05) is 0 Å². The highest BCUT2D eigenvalue weighted by molar-refractivity contribution is 5.99. The van der Waals surface area contributed by atoms with Crippen molar-refractivity contribution in [2.45, 2.75) is 25.7 Å².